The summed E-state index contributed by atoms with van der Waals surface area (Å²) in [6, 6.07) is 5.27. The molecule has 2 rings (SSSR count). The van der Waals surface area contributed by atoms with Gasteiger partial charge >= 0.3 is 6.18 Å². The highest BCUT2D eigenvalue weighted by Crippen LogP contribution is 2.30. The quantitative estimate of drug-likeness (QED) is 0.786. The van der Waals surface area contributed by atoms with Crippen LogP contribution in [0, 0.1) is 0 Å². The molecule has 2 nitrogen and oxygen atoms in total. The summed E-state index contributed by atoms with van der Waals surface area (Å²) in [5, 5.41) is 4.89. The van der Waals surface area contributed by atoms with Crippen LogP contribution in [0.5, 0.6) is 0 Å². The van der Waals surface area contributed by atoms with Gasteiger partial charge in [-0.05, 0) is 31.5 Å². The summed E-state index contributed by atoms with van der Waals surface area (Å²) in [5.74, 6) is 0.647. The molecule has 114 valence electrons. The van der Waals surface area contributed by atoms with Crippen LogP contribution >= 0.6 is 11.8 Å². The van der Waals surface area contributed by atoms with Crippen molar-refractivity contribution in [3.05, 3.63) is 41.5 Å². The number of rotatable bonds is 3. The molecule has 0 atom stereocenters. The van der Waals surface area contributed by atoms with Crippen LogP contribution in [0.1, 0.15) is 31.4 Å². The number of thioether (sulfide) groups is 1. The zero-order chi connectivity index (χ0) is 15.5. The van der Waals surface area contributed by atoms with Gasteiger partial charge in [-0.25, -0.2) is 0 Å². The first-order valence-corrected chi connectivity index (χ1v) is 7.46. The van der Waals surface area contributed by atoms with Crippen LogP contribution in [-0.2, 0) is 11.0 Å². The summed E-state index contributed by atoms with van der Waals surface area (Å²) in [4.78, 5) is 5.24. The summed E-state index contributed by atoms with van der Waals surface area (Å²) in [7, 11) is 0. The average Bonchev–Trinajstić information content (AvgIpc) is 2.74. The third kappa shape index (κ3) is 4.81. The molecule has 1 aromatic rings. The number of nitrogens with zero attached hydrogens (tertiary/aromatic N) is 1. The Morgan fingerprint density at radius 1 is 1.38 bits per heavy atom. The Kier molecular flexibility index (Phi) is 4.66. The first-order chi connectivity index (χ1) is 9.76. The lowest BCUT2D eigenvalue weighted by Gasteiger charge is -2.12. The maximum absolute atomic E-state index is 12.6. The summed E-state index contributed by atoms with van der Waals surface area (Å²) >= 11 is 1.53. The molecule has 0 aromatic heterocycles. The second-order valence-corrected chi connectivity index (χ2v) is 6.44. The molecule has 1 aromatic carbocycles. The summed E-state index contributed by atoms with van der Waals surface area (Å²) in [6.07, 6.45) is -0.0348. The first kappa shape index (κ1) is 15.9. The fraction of sp³-hybridized carbons (Fsp3) is 0.400. The monoisotopic (exact) mass is 315 g/mol. The van der Waals surface area contributed by atoms with Crippen LogP contribution in [0.3, 0.4) is 0 Å². The van der Waals surface area contributed by atoms with Gasteiger partial charge in [0.2, 0.25) is 0 Å². The van der Waals surface area contributed by atoms with E-state index in [1.165, 1.54) is 17.8 Å². The molecule has 1 heterocycles. The Balaban J connectivity index is 1.88. The molecular formula is C15H16F3NOS. The topological polar surface area (TPSA) is 21.6 Å². The zero-order valence-electron chi connectivity index (χ0n) is 11.8. The second kappa shape index (κ2) is 6.13. The van der Waals surface area contributed by atoms with Crippen molar-refractivity contribution in [1.82, 2.24) is 0 Å². The van der Waals surface area contributed by atoms with Crippen molar-refractivity contribution in [3.63, 3.8) is 0 Å². The molecule has 21 heavy (non-hydrogen) atoms. The van der Waals surface area contributed by atoms with Crippen molar-refractivity contribution in [1.29, 1.82) is 0 Å². The highest BCUT2D eigenvalue weighted by molar-refractivity contribution is 8.14. The van der Waals surface area contributed by atoms with E-state index in [0.29, 0.717) is 11.3 Å². The van der Waals surface area contributed by atoms with Gasteiger partial charge in [-0.3, -0.25) is 0 Å². The normalized spacial score (nSPS) is 17.9. The third-order valence-electron chi connectivity index (χ3n) is 2.84. The first-order valence-electron chi connectivity index (χ1n) is 6.48. The van der Waals surface area contributed by atoms with Crippen molar-refractivity contribution in [2.45, 2.75) is 32.0 Å². The van der Waals surface area contributed by atoms with Gasteiger partial charge in [0.05, 0.1) is 5.56 Å². The van der Waals surface area contributed by atoms with E-state index >= 15 is 0 Å². The van der Waals surface area contributed by atoms with Gasteiger partial charge < -0.3 is 4.84 Å². The number of benzene rings is 1. The minimum absolute atomic E-state index is 0.257. The molecule has 1 aliphatic heterocycles. The molecule has 0 N–H and O–H groups in total. The number of alkyl halides is 3. The molecule has 0 amide bonds. The smallest absolute Gasteiger partial charge is 0.389 e. The fourth-order valence-corrected chi connectivity index (χ4v) is 2.75. The molecule has 0 spiro atoms. The van der Waals surface area contributed by atoms with E-state index in [9.17, 15) is 13.2 Å². The Morgan fingerprint density at radius 2 is 2.14 bits per heavy atom. The van der Waals surface area contributed by atoms with Gasteiger partial charge in [0.1, 0.15) is 10.6 Å². The SMILES string of the molecule is CC1(C)CC(SC/C=C/c2cccc(C(F)(F)F)c2)=NO1. The van der Waals surface area contributed by atoms with Crippen LogP contribution in [-0.4, -0.2) is 16.4 Å². The van der Waals surface area contributed by atoms with Crippen molar-refractivity contribution < 1.29 is 18.0 Å². The Morgan fingerprint density at radius 3 is 2.76 bits per heavy atom. The minimum atomic E-state index is -4.31. The van der Waals surface area contributed by atoms with Crippen LogP contribution in [0.15, 0.2) is 35.5 Å². The van der Waals surface area contributed by atoms with Crippen LogP contribution in [0.2, 0.25) is 0 Å². The number of hydrogen-bond acceptors (Lipinski definition) is 3. The molecule has 0 unspecified atom stereocenters. The molecular weight excluding hydrogens is 299 g/mol. The largest absolute Gasteiger partial charge is 0.416 e. The molecule has 6 heteroatoms. The van der Waals surface area contributed by atoms with E-state index in [1.807, 2.05) is 19.9 Å². The van der Waals surface area contributed by atoms with Crippen molar-refractivity contribution in [2.24, 2.45) is 5.16 Å². The van der Waals surface area contributed by atoms with E-state index in [2.05, 4.69) is 5.16 Å². The summed E-state index contributed by atoms with van der Waals surface area (Å²) < 4.78 is 37.7. The van der Waals surface area contributed by atoms with Crippen molar-refractivity contribution >= 4 is 22.9 Å². The van der Waals surface area contributed by atoms with Crippen LogP contribution in [0.4, 0.5) is 13.2 Å². The lowest BCUT2D eigenvalue weighted by Crippen LogP contribution is -2.18. The standard InChI is InChI=1S/C15H16F3NOS/c1-14(2)10-13(19-20-14)21-8-4-6-11-5-3-7-12(9-11)15(16,17)18/h3-7,9H,8,10H2,1-2H3/b6-4+. The minimum Gasteiger partial charge on any atom is -0.389 e. The third-order valence-corrected chi connectivity index (χ3v) is 3.75. The highest BCUT2D eigenvalue weighted by Gasteiger charge is 2.30. The second-order valence-electron chi connectivity index (χ2n) is 5.35. The molecule has 0 saturated heterocycles. The van der Waals surface area contributed by atoms with E-state index in [4.69, 9.17) is 4.84 Å². The maximum atomic E-state index is 12.6. The zero-order valence-corrected chi connectivity index (χ0v) is 12.6. The fourth-order valence-electron chi connectivity index (χ4n) is 1.83. The van der Waals surface area contributed by atoms with E-state index in [0.717, 1.165) is 23.6 Å². The van der Waals surface area contributed by atoms with E-state index in [-0.39, 0.29) is 5.60 Å². The van der Waals surface area contributed by atoms with Gasteiger partial charge in [0.15, 0.2) is 0 Å². The summed E-state index contributed by atoms with van der Waals surface area (Å²) in [6.45, 7) is 3.92. The van der Waals surface area contributed by atoms with Crippen molar-refractivity contribution in [2.75, 3.05) is 5.75 Å². The van der Waals surface area contributed by atoms with E-state index in [1.54, 1.807) is 12.1 Å². The Labute approximate surface area is 126 Å². The number of halogens is 3. The average molecular weight is 315 g/mol. The highest BCUT2D eigenvalue weighted by atomic mass is 32.2. The number of oxime groups is 1. The van der Waals surface area contributed by atoms with Crippen LogP contribution < -0.4 is 0 Å². The van der Waals surface area contributed by atoms with Crippen molar-refractivity contribution in [3.8, 4) is 0 Å². The van der Waals surface area contributed by atoms with E-state index < -0.39 is 11.7 Å². The molecule has 0 aliphatic carbocycles. The van der Waals surface area contributed by atoms with Crippen LogP contribution in [0.25, 0.3) is 6.08 Å². The van der Waals surface area contributed by atoms with Gasteiger partial charge in [-0.2, -0.15) is 13.2 Å². The molecule has 0 fully saturated rings. The predicted octanol–water partition coefficient (Wildman–Crippen LogP) is 4.96. The van der Waals surface area contributed by atoms with Gasteiger partial charge in [-0.1, -0.05) is 29.4 Å². The molecule has 1 aliphatic rings. The summed E-state index contributed by atoms with van der Waals surface area (Å²) in [5.41, 5.74) is -0.351. The Bertz CT molecular complexity index is 564. The van der Waals surface area contributed by atoms with Gasteiger partial charge in [0, 0.05) is 12.2 Å². The number of hydrogen-bond donors (Lipinski definition) is 0. The van der Waals surface area contributed by atoms with Gasteiger partial charge in [-0.15, -0.1) is 11.8 Å². The van der Waals surface area contributed by atoms with Gasteiger partial charge in [0.25, 0.3) is 0 Å². The Hall–Kier alpha value is -1.43. The molecule has 0 saturated carbocycles. The lowest BCUT2D eigenvalue weighted by molar-refractivity contribution is -0.137. The molecule has 0 bridgehead atoms. The predicted molar refractivity (Wildman–Crippen MR) is 80.2 cm³/mol. The lowest BCUT2D eigenvalue weighted by atomic mass is 10.1. The maximum Gasteiger partial charge on any atom is 0.416 e. The molecule has 0 radical (unpaired) electrons.